The molecule has 1 saturated carbocycles. The first-order chi connectivity index (χ1) is 14.7. The molecule has 3 amide bonds. The molecule has 2 atom stereocenters. The number of pyridine rings is 1. The van der Waals surface area contributed by atoms with Crippen molar-refractivity contribution in [3.8, 4) is 0 Å². The van der Waals surface area contributed by atoms with Crippen molar-refractivity contribution in [2.75, 3.05) is 0 Å². The lowest BCUT2D eigenvalue weighted by atomic mass is 9.73. The summed E-state index contributed by atoms with van der Waals surface area (Å²) in [6.45, 7) is 6.06. The number of hydrogen-bond acceptors (Lipinski definition) is 4. The summed E-state index contributed by atoms with van der Waals surface area (Å²) in [5.41, 5.74) is 8.78. The van der Waals surface area contributed by atoms with Crippen molar-refractivity contribution in [2.24, 2.45) is 11.1 Å². The fourth-order valence-corrected chi connectivity index (χ4v) is 4.66. The molecule has 0 bridgehead atoms. The molecule has 2 aliphatic rings. The monoisotopic (exact) mass is 419 g/mol. The molecule has 1 aromatic heterocycles. The summed E-state index contributed by atoms with van der Waals surface area (Å²) < 4.78 is 0. The van der Waals surface area contributed by atoms with Crippen LogP contribution in [0.1, 0.15) is 84.2 Å². The van der Waals surface area contributed by atoms with E-state index in [9.17, 15) is 14.4 Å². The number of hydrogen-bond donors (Lipinski definition) is 1. The van der Waals surface area contributed by atoms with Gasteiger partial charge in [-0.3, -0.25) is 24.3 Å². The highest BCUT2D eigenvalue weighted by Gasteiger charge is 2.51. The summed E-state index contributed by atoms with van der Waals surface area (Å²) in [5.74, 6) is -0.466. The average molecular weight is 420 g/mol. The molecule has 1 aromatic carbocycles. The minimum Gasteiger partial charge on any atom is -0.366 e. The molecule has 2 aromatic rings. The van der Waals surface area contributed by atoms with E-state index in [4.69, 9.17) is 5.73 Å². The van der Waals surface area contributed by atoms with E-state index in [2.05, 4.69) is 11.1 Å². The molecule has 0 unspecified atom stereocenters. The summed E-state index contributed by atoms with van der Waals surface area (Å²) in [4.78, 5) is 43.7. The number of amides is 3. The van der Waals surface area contributed by atoms with Crippen molar-refractivity contribution >= 4 is 17.7 Å². The molecule has 162 valence electrons. The van der Waals surface area contributed by atoms with Crippen LogP contribution in [0.5, 0.6) is 0 Å². The van der Waals surface area contributed by atoms with Crippen LogP contribution in [-0.4, -0.2) is 27.6 Å². The van der Waals surface area contributed by atoms with E-state index in [-0.39, 0.29) is 30.7 Å². The Morgan fingerprint density at radius 3 is 2.48 bits per heavy atom. The Labute approximate surface area is 182 Å². The minimum atomic E-state index is -0.829. The van der Waals surface area contributed by atoms with Gasteiger partial charge in [0.15, 0.2) is 0 Å². The number of likely N-dealkylation sites (tertiary alicyclic amines) is 1. The first-order valence-corrected chi connectivity index (χ1v) is 10.9. The molecular formula is C25H29N3O3. The Morgan fingerprint density at radius 2 is 1.90 bits per heavy atom. The molecule has 0 radical (unpaired) electrons. The Hall–Kier alpha value is -3.02. The van der Waals surface area contributed by atoms with Gasteiger partial charge in [-0.05, 0) is 68.0 Å². The van der Waals surface area contributed by atoms with Crippen LogP contribution in [0.25, 0.3) is 0 Å². The summed E-state index contributed by atoms with van der Waals surface area (Å²) in [6, 6.07) is 11.0. The quantitative estimate of drug-likeness (QED) is 0.720. The predicted octanol–water partition coefficient (Wildman–Crippen LogP) is 3.83. The number of aromatic nitrogens is 1. The van der Waals surface area contributed by atoms with Crippen LogP contribution >= 0.6 is 0 Å². The van der Waals surface area contributed by atoms with Crippen LogP contribution in [0, 0.1) is 12.3 Å². The third kappa shape index (κ3) is 3.87. The molecule has 31 heavy (non-hydrogen) atoms. The smallest absolute Gasteiger partial charge is 0.248 e. The number of primary amides is 1. The zero-order valence-corrected chi connectivity index (χ0v) is 18.4. The van der Waals surface area contributed by atoms with Crippen molar-refractivity contribution in [3.05, 3.63) is 64.5 Å². The lowest BCUT2D eigenvalue weighted by molar-refractivity contribution is -0.142. The first-order valence-electron chi connectivity index (χ1n) is 10.9. The summed E-state index contributed by atoms with van der Waals surface area (Å²) in [7, 11) is 0. The lowest BCUT2D eigenvalue weighted by Crippen LogP contribution is -2.36. The highest BCUT2D eigenvalue weighted by atomic mass is 16.2. The molecule has 2 fully saturated rings. The van der Waals surface area contributed by atoms with E-state index < -0.39 is 11.3 Å². The van der Waals surface area contributed by atoms with Gasteiger partial charge in [0.1, 0.15) is 0 Å². The third-order valence-electron chi connectivity index (χ3n) is 7.10. The highest BCUT2D eigenvalue weighted by molar-refractivity contribution is 6.06. The number of aryl methyl sites for hydroxylation is 1. The van der Waals surface area contributed by atoms with E-state index in [0.717, 1.165) is 35.4 Å². The molecule has 2 heterocycles. The normalized spacial score (nSPS) is 22.5. The largest absolute Gasteiger partial charge is 0.366 e. The van der Waals surface area contributed by atoms with Crippen LogP contribution in [0.2, 0.25) is 0 Å². The summed E-state index contributed by atoms with van der Waals surface area (Å²) >= 11 is 0. The summed E-state index contributed by atoms with van der Waals surface area (Å²) in [6.07, 6.45) is 3.71. The fraction of sp³-hybridized carbons (Fsp3) is 0.440. The van der Waals surface area contributed by atoms with Gasteiger partial charge in [0.05, 0.1) is 12.0 Å². The number of carbonyl (C=O) groups is 3. The number of carbonyl (C=O) groups excluding carboxylic acids is 3. The van der Waals surface area contributed by atoms with Crippen LogP contribution in [0.15, 0.2) is 36.4 Å². The predicted molar refractivity (Wildman–Crippen MR) is 117 cm³/mol. The molecular weight excluding hydrogens is 390 g/mol. The number of nitrogens with two attached hydrogens (primary N) is 1. The highest BCUT2D eigenvalue weighted by Crippen LogP contribution is 2.45. The Kier molecular flexibility index (Phi) is 5.42. The molecule has 4 rings (SSSR count). The van der Waals surface area contributed by atoms with Gasteiger partial charge in [0, 0.05) is 29.3 Å². The van der Waals surface area contributed by atoms with Gasteiger partial charge in [-0.2, -0.15) is 0 Å². The van der Waals surface area contributed by atoms with Gasteiger partial charge in [0.2, 0.25) is 17.7 Å². The van der Waals surface area contributed by atoms with Crippen LogP contribution in [0.3, 0.4) is 0 Å². The molecule has 6 heteroatoms. The molecule has 1 aliphatic carbocycles. The number of benzene rings is 1. The third-order valence-corrected chi connectivity index (χ3v) is 7.10. The van der Waals surface area contributed by atoms with Crippen molar-refractivity contribution in [2.45, 2.75) is 64.8 Å². The van der Waals surface area contributed by atoms with Gasteiger partial charge in [0.25, 0.3) is 0 Å². The van der Waals surface area contributed by atoms with Gasteiger partial charge >= 0.3 is 0 Å². The van der Waals surface area contributed by atoms with E-state index in [1.807, 2.05) is 39.0 Å². The van der Waals surface area contributed by atoms with Gasteiger partial charge in [-0.25, -0.2) is 0 Å². The van der Waals surface area contributed by atoms with Gasteiger partial charge in [-0.1, -0.05) is 25.5 Å². The van der Waals surface area contributed by atoms with Crippen molar-refractivity contribution in [1.29, 1.82) is 0 Å². The molecule has 2 N–H and O–H groups in total. The van der Waals surface area contributed by atoms with Gasteiger partial charge in [-0.15, -0.1) is 0 Å². The van der Waals surface area contributed by atoms with Crippen molar-refractivity contribution in [1.82, 2.24) is 9.88 Å². The van der Waals surface area contributed by atoms with E-state index in [0.29, 0.717) is 11.5 Å². The minimum absolute atomic E-state index is 0.146. The molecule has 6 nitrogen and oxygen atoms in total. The maximum absolute atomic E-state index is 13.4. The van der Waals surface area contributed by atoms with Crippen LogP contribution < -0.4 is 5.73 Å². The maximum Gasteiger partial charge on any atom is 0.248 e. The maximum atomic E-state index is 13.4. The van der Waals surface area contributed by atoms with E-state index in [1.165, 1.54) is 11.3 Å². The molecule has 1 aliphatic heterocycles. The zero-order chi connectivity index (χ0) is 22.3. The van der Waals surface area contributed by atoms with Crippen LogP contribution in [0.4, 0.5) is 0 Å². The average Bonchev–Trinajstić information content (AvgIpc) is 2.90. The SMILES string of the molecule is Cc1cc(CN2C(=O)C[C@@](C)([C@H](C)c3ccc(C(N)=O)cc3)C2=O)cc(C2CCC2)n1. The topological polar surface area (TPSA) is 93.4 Å². The standard InChI is InChI=1S/C25H29N3O3/c1-15-11-17(12-21(27-15)19-5-4-6-19)14-28-22(29)13-25(3,24(28)31)16(2)18-7-9-20(10-8-18)23(26)30/h7-12,16,19H,4-6,13-14H2,1-3H3,(H2,26,30)/t16-,25+/m1/s1. The number of rotatable bonds is 6. The van der Waals surface area contributed by atoms with Crippen molar-refractivity contribution < 1.29 is 14.4 Å². The second kappa shape index (κ2) is 7.91. The fourth-order valence-electron chi connectivity index (χ4n) is 4.66. The lowest BCUT2D eigenvalue weighted by Gasteiger charge is -2.30. The first kappa shape index (κ1) is 21.2. The number of nitrogens with zero attached hydrogens (tertiary/aromatic N) is 2. The Bertz CT molecular complexity index is 1040. The Morgan fingerprint density at radius 1 is 1.23 bits per heavy atom. The second-order valence-electron chi connectivity index (χ2n) is 9.26. The number of imide groups is 1. The van der Waals surface area contributed by atoms with Crippen molar-refractivity contribution in [3.63, 3.8) is 0 Å². The molecule has 0 spiro atoms. The Balaban J connectivity index is 1.55. The van der Waals surface area contributed by atoms with Crippen LogP contribution in [-0.2, 0) is 16.1 Å². The van der Waals surface area contributed by atoms with Gasteiger partial charge < -0.3 is 5.73 Å². The zero-order valence-electron chi connectivity index (χ0n) is 18.4. The van der Waals surface area contributed by atoms with E-state index >= 15 is 0 Å². The second-order valence-corrected chi connectivity index (χ2v) is 9.26. The van der Waals surface area contributed by atoms with E-state index in [1.54, 1.807) is 12.1 Å². The molecule has 1 saturated heterocycles. The summed E-state index contributed by atoms with van der Waals surface area (Å²) in [5, 5.41) is 0.